The van der Waals surface area contributed by atoms with Crippen molar-refractivity contribution in [2.75, 3.05) is 17.2 Å². The Morgan fingerprint density at radius 1 is 1.14 bits per heavy atom. The molecule has 0 aliphatic rings. The van der Waals surface area contributed by atoms with Crippen LogP contribution in [0, 0.1) is 6.92 Å². The zero-order valence-electron chi connectivity index (χ0n) is 11.5. The monoisotopic (exact) mass is 341 g/mol. The van der Waals surface area contributed by atoms with Crippen LogP contribution < -0.4 is 5.73 Å². The fourth-order valence-electron chi connectivity index (χ4n) is 1.81. The summed E-state index contributed by atoms with van der Waals surface area (Å²) < 4.78 is 24.4. The molecule has 0 saturated carbocycles. The predicted molar refractivity (Wildman–Crippen MR) is 89.8 cm³/mol. The van der Waals surface area contributed by atoms with Crippen LogP contribution in [0.2, 0.25) is 5.02 Å². The average molecular weight is 342 g/mol. The van der Waals surface area contributed by atoms with Gasteiger partial charge in [0.05, 0.1) is 10.6 Å². The fourth-order valence-corrected chi connectivity index (χ4v) is 4.66. The van der Waals surface area contributed by atoms with Crippen LogP contribution in [-0.4, -0.2) is 19.9 Å². The molecule has 2 aromatic rings. The number of hydrogen-bond acceptors (Lipinski definition) is 4. The third-order valence-corrected chi connectivity index (χ3v) is 6.51. The molecule has 112 valence electrons. The molecular formula is C15H16ClNO2S2. The van der Waals surface area contributed by atoms with Crippen LogP contribution in [0.4, 0.5) is 5.69 Å². The summed E-state index contributed by atoms with van der Waals surface area (Å²) in [5.74, 6) is 0.558. The van der Waals surface area contributed by atoms with Gasteiger partial charge in [0.1, 0.15) is 0 Å². The number of benzene rings is 2. The number of anilines is 1. The summed E-state index contributed by atoms with van der Waals surface area (Å²) in [6.07, 6.45) is 0. The highest BCUT2D eigenvalue weighted by molar-refractivity contribution is 8.00. The zero-order valence-corrected chi connectivity index (χ0v) is 13.9. The summed E-state index contributed by atoms with van der Waals surface area (Å²) in [7, 11) is -3.28. The Morgan fingerprint density at radius 3 is 2.48 bits per heavy atom. The van der Waals surface area contributed by atoms with Gasteiger partial charge in [-0.25, -0.2) is 8.42 Å². The Balaban J connectivity index is 2.02. The molecule has 6 heteroatoms. The van der Waals surface area contributed by atoms with Gasteiger partial charge in [0.2, 0.25) is 0 Å². The summed E-state index contributed by atoms with van der Waals surface area (Å²) in [4.78, 5) is 1.32. The van der Waals surface area contributed by atoms with E-state index >= 15 is 0 Å². The SMILES string of the molecule is Cc1c(N)cccc1SCCS(=O)(=O)c1ccc(Cl)cc1. The van der Waals surface area contributed by atoms with Crippen LogP contribution in [-0.2, 0) is 9.84 Å². The van der Waals surface area contributed by atoms with E-state index in [1.165, 1.54) is 23.9 Å². The van der Waals surface area contributed by atoms with Crippen molar-refractivity contribution in [1.82, 2.24) is 0 Å². The third-order valence-electron chi connectivity index (χ3n) is 3.11. The maximum atomic E-state index is 12.2. The van der Waals surface area contributed by atoms with Gasteiger partial charge in [-0.3, -0.25) is 0 Å². The third kappa shape index (κ3) is 4.15. The normalized spacial score (nSPS) is 11.5. The Bertz CT molecular complexity index is 728. The summed E-state index contributed by atoms with van der Waals surface area (Å²) in [5.41, 5.74) is 7.55. The highest BCUT2D eigenvalue weighted by atomic mass is 35.5. The van der Waals surface area contributed by atoms with Crippen molar-refractivity contribution in [2.45, 2.75) is 16.7 Å². The van der Waals surface area contributed by atoms with Crippen LogP contribution in [0.15, 0.2) is 52.3 Å². The average Bonchev–Trinajstić information content (AvgIpc) is 2.44. The van der Waals surface area contributed by atoms with Crippen molar-refractivity contribution in [2.24, 2.45) is 0 Å². The van der Waals surface area contributed by atoms with Crippen molar-refractivity contribution in [3.05, 3.63) is 53.1 Å². The molecule has 0 fully saturated rings. The van der Waals surface area contributed by atoms with E-state index in [-0.39, 0.29) is 5.75 Å². The van der Waals surface area contributed by atoms with Gasteiger partial charge >= 0.3 is 0 Å². The van der Waals surface area contributed by atoms with E-state index in [1.54, 1.807) is 12.1 Å². The smallest absolute Gasteiger partial charge is 0.179 e. The fraction of sp³-hybridized carbons (Fsp3) is 0.200. The van der Waals surface area contributed by atoms with E-state index in [9.17, 15) is 8.42 Å². The number of rotatable bonds is 5. The second kappa shape index (κ2) is 6.73. The summed E-state index contributed by atoms with van der Waals surface area (Å²) in [6.45, 7) is 1.94. The lowest BCUT2D eigenvalue weighted by Crippen LogP contribution is -2.08. The first-order valence-corrected chi connectivity index (χ1v) is 9.38. The maximum absolute atomic E-state index is 12.2. The standard InChI is InChI=1S/C15H16ClNO2S2/c1-11-14(17)3-2-4-15(11)20-9-10-21(18,19)13-7-5-12(16)6-8-13/h2-8H,9-10,17H2,1H3. The highest BCUT2D eigenvalue weighted by Crippen LogP contribution is 2.27. The van der Waals surface area contributed by atoms with Gasteiger partial charge in [-0.1, -0.05) is 17.7 Å². The van der Waals surface area contributed by atoms with Crippen LogP contribution >= 0.6 is 23.4 Å². The minimum atomic E-state index is -3.28. The van der Waals surface area contributed by atoms with E-state index in [2.05, 4.69) is 0 Å². The molecule has 0 heterocycles. The van der Waals surface area contributed by atoms with Crippen molar-refractivity contribution >= 4 is 38.9 Å². The molecule has 0 bridgehead atoms. The molecule has 0 unspecified atom stereocenters. The van der Waals surface area contributed by atoms with E-state index in [4.69, 9.17) is 17.3 Å². The maximum Gasteiger partial charge on any atom is 0.179 e. The van der Waals surface area contributed by atoms with E-state index in [0.29, 0.717) is 15.7 Å². The molecule has 3 nitrogen and oxygen atoms in total. The molecule has 2 aromatic carbocycles. The second-order valence-corrected chi connectivity index (χ2v) is 8.27. The van der Waals surface area contributed by atoms with E-state index in [0.717, 1.165) is 16.1 Å². The zero-order chi connectivity index (χ0) is 15.5. The minimum absolute atomic E-state index is 0.0769. The van der Waals surface area contributed by atoms with Crippen molar-refractivity contribution in [3.8, 4) is 0 Å². The number of sulfone groups is 1. The molecule has 2 rings (SSSR count). The second-order valence-electron chi connectivity index (χ2n) is 4.59. The van der Waals surface area contributed by atoms with Gasteiger partial charge in [0.15, 0.2) is 9.84 Å². The predicted octanol–water partition coefficient (Wildman–Crippen LogP) is 3.80. The topological polar surface area (TPSA) is 60.2 Å². The van der Waals surface area contributed by atoms with Crippen LogP contribution in [0.3, 0.4) is 0 Å². The molecule has 0 atom stereocenters. The lowest BCUT2D eigenvalue weighted by atomic mass is 10.2. The molecule has 0 amide bonds. The van der Waals surface area contributed by atoms with E-state index in [1.807, 2.05) is 25.1 Å². The molecule has 0 radical (unpaired) electrons. The van der Waals surface area contributed by atoms with Gasteiger partial charge in [-0.15, -0.1) is 11.8 Å². The lowest BCUT2D eigenvalue weighted by Gasteiger charge is -2.08. The van der Waals surface area contributed by atoms with Crippen molar-refractivity contribution in [1.29, 1.82) is 0 Å². The Morgan fingerprint density at radius 2 is 1.81 bits per heavy atom. The minimum Gasteiger partial charge on any atom is -0.398 e. The molecule has 0 aliphatic heterocycles. The lowest BCUT2D eigenvalue weighted by molar-refractivity contribution is 0.597. The number of nitrogens with two attached hydrogens (primary N) is 1. The molecular weight excluding hydrogens is 326 g/mol. The van der Waals surface area contributed by atoms with Crippen LogP contribution in [0.1, 0.15) is 5.56 Å². The molecule has 2 N–H and O–H groups in total. The molecule has 21 heavy (non-hydrogen) atoms. The highest BCUT2D eigenvalue weighted by Gasteiger charge is 2.14. The molecule has 0 aliphatic carbocycles. The first kappa shape index (κ1) is 16.2. The van der Waals surface area contributed by atoms with E-state index < -0.39 is 9.84 Å². The molecule has 0 saturated heterocycles. The summed E-state index contributed by atoms with van der Waals surface area (Å²) >= 11 is 7.27. The number of halogens is 1. The van der Waals surface area contributed by atoms with Crippen molar-refractivity contribution < 1.29 is 8.42 Å². The van der Waals surface area contributed by atoms with Crippen LogP contribution in [0.25, 0.3) is 0 Å². The quantitative estimate of drug-likeness (QED) is 0.663. The Labute approximate surface area is 134 Å². The summed E-state index contributed by atoms with van der Waals surface area (Å²) in [5, 5.41) is 0.527. The first-order valence-electron chi connectivity index (χ1n) is 6.36. The largest absolute Gasteiger partial charge is 0.398 e. The van der Waals surface area contributed by atoms with Gasteiger partial charge in [-0.05, 0) is 48.9 Å². The Hall–Kier alpha value is -1.17. The first-order chi connectivity index (χ1) is 9.90. The molecule has 0 spiro atoms. The van der Waals surface area contributed by atoms with Gasteiger partial charge in [0.25, 0.3) is 0 Å². The van der Waals surface area contributed by atoms with Gasteiger partial charge in [-0.2, -0.15) is 0 Å². The summed E-state index contributed by atoms with van der Waals surface area (Å²) in [6, 6.07) is 11.9. The number of nitrogen functional groups attached to an aromatic ring is 1. The van der Waals surface area contributed by atoms with Gasteiger partial charge < -0.3 is 5.73 Å². The van der Waals surface area contributed by atoms with Crippen molar-refractivity contribution in [3.63, 3.8) is 0 Å². The molecule has 0 aromatic heterocycles. The number of hydrogen-bond donors (Lipinski definition) is 1. The van der Waals surface area contributed by atoms with Gasteiger partial charge in [0, 0.05) is 21.4 Å². The van der Waals surface area contributed by atoms with Crippen LogP contribution in [0.5, 0.6) is 0 Å². The number of thioether (sulfide) groups is 1. The Kier molecular flexibility index (Phi) is 5.19.